The fourth-order valence-electron chi connectivity index (χ4n) is 2.76. The van der Waals surface area contributed by atoms with E-state index in [9.17, 15) is 0 Å². The van der Waals surface area contributed by atoms with E-state index in [0.717, 1.165) is 0 Å². The maximum atomic E-state index is 6.50. The van der Waals surface area contributed by atoms with Gasteiger partial charge >= 0.3 is 0 Å². The van der Waals surface area contributed by atoms with E-state index in [2.05, 4.69) is 44.2 Å². The molecular weight excluding hydrogens is 212 g/mol. The molecule has 2 rings (SSSR count). The summed E-state index contributed by atoms with van der Waals surface area (Å²) in [6, 6.07) is 13.5. The standard InChI is InChI=1S/C14H22OSi/c1-3-13-9-8-12-16(4-2,15-13)14-10-6-5-7-11-14/h5-7,10-11,13H,3-4,8-9,12H2,1-2H3. The van der Waals surface area contributed by atoms with E-state index in [4.69, 9.17) is 4.43 Å². The lowest BCUT2D eigenvalue weighted by atomic mass is 10.2. The highest BCUT2D eigenvalue weighted by atomic mass is 28.4. The molecule has 88 valence electrons. The zero-order chi connectivity index (χ0) is 11.4. The summed E-state index contributed by atoms with van der Waals surface area (Å²) >= 11 is 0. The quantitative estimate of drug-likeness (QED) is 0.728. The molecule has 1 aliphatic rings. The molecule has 0 spiro atoms. The molecule has 1 heterocycles. The van der Waals surface area contributed by atoms with Gasteiger partial charge < -0.3 is 4.43 Å². The summed E-state index contributed by atoms with van der Waals surface area (Å²) < 4.78 is 6.50. The predicted octanol–water partition coefficient (Wildman–Crippen LogP) is 3.45. The molecule has 1 fully saturated rings. The van der Waals surface area contributed by atoms with E-state index in [1.807, 2.05) is 0 Å². The van der Waals surface area contributed by atoms with Gasteiger partial charge in [0, 0.05) is 6.10 Å². The zero-order valence-electron chi connectivity index (χ0n) is 10.4. The number of hydrogen-bond acceptors (Lipinski definition) is 1. The van der Waals surface area contributed by atoms with Crippen molar-refractivity contribution in [2.24, 2.45) is 0 Å². The molecule has 0 bridgehead atoms. The fraction of sp³-hybridized carbons (Fsp3) is 0.571. The van der Waals surface area contributed by atoms with Crippen molar-refractivity contribution in [2.45, 2.75) is 51.3 Å². The van der Waals surface area contributed by atoms with Crippen LogP contribution in [-0.4, -0.2) is 14.4 Å². The lowest BCUT2D eigenvalue weighted by Gasteiger charge is -2.39. The second kappa shape index (κ2) is 5.15. The highest BCUT2D eigenvalue weighted by Crippen LogP contribution is 2.30. The molecule has 1 saturated heterocycles. The second-order valence-electron chi connectivity index (χ2n) is 4.75. The van der Waals surface area contributed by atoms with Gasteiger partial charge in [-0.2, -0.15) is 0 Å². The zero-order valence-corrected chi connectivity index (χ0v) is 11.4. The van der Waals surface area contributed by atoms with Crippen molar-refractivity contribution in [3.05, 3.63) is 30.3 Å². The topological polar surface area (TPSA) is 9.23 Å². The average molecular weight is 234 g/mol. The summed E-state index contributed by atoms with van der Waals surface area (Å²) in [7, 11) is -1.62. The van der Waals surface area contributed by atoms with Gasteiger partial charge in [0.1, 0.15) is 0 Å². The summed E-state index contributed by atoms with van der Waals surface area (Å²) in [6.07, 6.45) is 4.30. The maximum absolute atomic E-state index is 6.50. The number of rotatable bonds is 3. The molecule has 0 aliphatic carbocycles. The minimum absolute atomic E-state index is 0.514. The third-order valence-electron chi connectivity index (χ3n) is 3.83. The van der Waals surface area contributed by atoms with E-state index in [1.54, 1.807) is 0 Å². The van der Waals surface area contributed by atoms with Crippen LogP contribution >= 0.6 is 0 Å². The van der Waals surface area contributed by atoms with Crippen LogP contribution in [0.1, 0.15) is 33.1 Å². The Bertz CT molecular complexity index is 325. The van der Waals surface area contributed by atoms with E-state index < -0.39 is 8.32 Å². The highest BCUT2D eigenvalue weighted by Gasteiger charge is 2.39. The molecule has 1 aromatic carbocycles. The van der Waals surface area contributed by atoms with Crippen LogP contribution in [0.5, 0.6) is 0 Å². The van der Waals surface area contributed by atoms with Crippen LogP contribution in [0, 0.1) is 0 Å². The Morgan fingerprint density at radius 1 is 1.25 bits per heavy atom. The molecule has 0 radical (unpaired) electrons. The summed E-state index contributed by atoms with van der Waals surface area (Å²) in [6.45, 7) is 4.55. The normalized spacial score (nSPS) is 30.2. The van der Waals surface area contributed by atoms with Gasteiger partial charge in [-0.1, -0.05) is 50.6 Å². The monoisotopic (exact) mass is 234 g/mol. The van der Waals surface area contributed by atoms with Gasteiger partial charge in [-0.05, 0) is 30.1 Å². The van der Waals surface area contributed by atoms with Crippen molar-refractivity contribution in [2.75, 3.05) is 0 Å². The third-order valence-corrected chi connectivity index (χ3v) is 8.30. The van der Waals surface area contributed by atoms with Crippen molar-refractivity contribution in [1.29, 1.82) is 0 Å². The summed E-state index contributed by atoms with van der Waals surface area (Å²) in [5, 5.41) is 1.50. The van der Waals surface area contributed by atoms with Crippen LogP contribution in [0.25, 0.3) is 0 Å². The van der Waals surface area contributed by atoms with Crippen LogP contribution < -0.4 is 5.19 Å². The first-order chi connectivity index (χ1) is 7.80. The molecule has 2 atom stereocenters. The lowest BCUT2D eigenvalue weighted by Crippen LogP contribution is -2.54. The van der Waals surface area contributed by atoms with Crippen molar-refractivity contribution >= 4 is 13.5 Å². The molecule has 16 heavy (non-hydrogen) atoms. The summed E-state index contributed by atoms with van der Waals surface area (Å²) in [5.74, 6) is 0. The van der Waals surface area contributed by atoms with Gasteiger partial charge in [-0.25, -0.2) is 0 Å². The molecule has 0 amide bonds. The van der Waals surface area contributed by atoms with Gasteiger partial charge in [0.25, 0.3) is 0 Å². The number of hydrogen-bond donors (Lipinski definition) is 0. The Kier molecular flexibility index (Phi) is 3.82. The Balaban J connectivity index is 2.25. The summed E-state index contributed by atoms with van der Waals surface area (Å²) in [4.78, 5) is 0. The van der Waals surface area contributed by atoms with Gasteiger partial charge in [0.2, 0.25) is 8.32 Å². The van der Waals surface area contributed by atoms with Crippen LogP contribution in [-0.2, 0) is 4.43 Å². The lowest BCUT2D eigenvalue weighted by molar-refractivity contribution is 0.157. The molecule has 2 heteroatoms. The van der Waals surface area contributed by atoms with Gasteiger partial charge in [0.05, 0.1) is 0 Å². The Morgan fingerprint density at radius 2 is 2.00 bits per heavy atom. The second-order valence-corrected chi connectivity index (χ2v) is 8.76. The van der Waals surface area contributed by atoms with Crippen molar-refractivity contribution in [3.63, 3.8) is 0 Å². The SMILES string of the molecule is CCC1CCC[Si](CC)(c2ccccc2)O1. The maximum Gasteiger partial charge on any atom is 0.224 e. The third kappa shape index (κ3) is 2.23. The molecule has 0 saturated carbocycles. The van der Waals surface area contributed by atoms with Gasteiger partial charge in [0.15, 0.2) is 0 Å². The molecule has 0 N–H and O–H groups in total. The van der Waals surface area contributed by atoms with Crippen molar-refractivity contribution in [3.8, 4) is 0 Å². The van der Waals surface area contributed by atoms with Gasteiger partial charge in [-0.3, -0.25) is 0 Å². The highest BCUT2D eigenvalue weighted by molar-refractivity contribution is 6.86. The van der Waals surface area contributed by atoms with Crippen molar-refractivity contribution < 1.29 is 4.43 Å². The molecule has 0 aromatic heterocycles. The van der Waals surface area contributed by atoms with Crippen LogP contribution in [0.2, 0.25) is 12.1 Å². The first-order valence-electron chi connectivity index (χ1n) is 6.54. The van der Waals surface area contributed by atoms with E-state index >= 15 is 0 Å². The van der Waals surface area contributed by atoms with E-state index in [0.29, 0.717) is 6.10 Å². The predicted molar refractivity (Wildman–Crippen MR) is 71.5 cm³/mol. The minimum atomic E-state index is -1.62. The van der Waals surface area contributed by atoms with Crippen molar-refractivity contribution in [1.82, 2.24) is 0 Å². The molecule has 1 aliphatic heterocycles. The fourth-order valence-corrected chi connectivity index (χ4v) is 6.73. The Morgan fingerprint density at radius 3 is 2.62 bits per heavy atom. The van der Waals surface area contributed by atoms with E-state index in [-0.39, 0.29) is 0 Å². The smallest absolute Gasteiger partial charge is 0.224 e. The minimum Gasteiger partial charge on any atom is -0.410 e. The first kappa shape index (κ1) is 11.9. The molecule has 1 nitrogen and oxygen atoms in total. The first-order valence-corrected chi connectivity index (χ1v) is 8.86. The molecule has 2 unspecified atom stereocenters. The van der Waals surface area contributed by atoms with Crippen LogP contribution in [0.3, 0.4) is 0 Å². The molecular formula is C14H22OSi. The number of benzene rings is 1. The van der Waals surface area contributed by atoms with Crippen LogP contribution in [0.4, 0.5) is 0 Å². The van der Waals surface area contributed by atoms with Gasteiger partial charge in [-0.15, -0.1) is 0 Å². The van der Waals surface area contributed by atoms with E-state index in [1.165, 1.54) is 36.5 Å². The Labute approximate surface area is 100.0 Å². The summed E-state index contributed by atoms with van der Waals surface area (Å²) in [5.41, 5.74) is 0. The largest absolute Gasteiger partial charge is 0.410 e. The van der Waals surface area contributed by atoms with Crippen LogP contribution in [0.15, 0.2) is 30.3 Å². The Hall–Kier alpha value is -0.603. The molecule has 1 aromatic rings. The average Bonchev–Trinajstić information content (AvgIpc) is 2.39.